The highest BCUT2D eigenvalue weighted by Gasteiger charge is 2.24. The minimum absolute atomic E-state index is 0.0173. The van der Waals surface area contributed by atoms with Crippen LogP contribution in [0, 0.1) is 11.8 Å². The maximum absolute atomic E-state index is 10.7. The molecule has 0 bridgehead atoms. The molecule has 3 unspecified atom stereocenters. The third-order valence-electron chi connectivity index (χ3n) is 2.23. The van der Waals surface area contributed by atoms with E-state index in [1.54, 1.807) is 0 Å². The highest BCUT2D eigenvalue weighted by atomic mass is 16.5. The van der Waals surface area contributed by atoms with Gasteiger partial charge < -0.3 is 9.53 Å². The van der Waals surface area contributed by atoms with E-state index in [1.807, 2.05) is 13.0 Å². The molecule has 12 heavy (non-hydrogen) atoms. The molecule has 3 atom stereocenters. The van der Waals surface area contributed by atoms with Gasteiger partial charge in [0.05, 0.1) is 6.10 Å². The molecular weight excluding hydrogens is 152 g/mol. The van der Waals surface area contributed by atoms with Gasteiger partial charge in [-0.2, -0.15) is 0 Å². The molecule has 0 aromatic carbocycles. The van der Waals surface area contributed by atoms with Gasteiger partial charge in [-0.15, -0.1) is 0 Å². The van der Waals surface area contributed by atoms with Gasteiger partial charge in [-0.05, 0) is 19.3 Å². The van der Waals surface area contributed by atoms with Gasteiger partial charge in [0.2, 0.25) is 0 Å². The molecule has 0 heterocycles. The highest BCUT2D eigenvalue weighted by molar-refractivity contribution is 5.55. The lowest BCUT2D eigenvalue weighted by Crippen LogP contribution is -2.28. The van der Waals surface area contributed by atoms with E-state index >= 15 is 0 Å². The van der Waals surface area contributed by atoms with E-state index in [-0.39, 0.29) is 12.0 Å². The Balaban J connectivity index is 2.58. The van der Waals surface area contributed by atoms with Crippen molar-refractivity contribution in [2.75, 3.05) is 6.61 Å². The Morgan fingerprint density at radius 3 is 2.92 bits per heavy atom. The lowest BCUT2D eigenvalue weighted by molar-refractivity contribution is -0.115. The van der Waals surface area contributed by atoms with Crippen molar-refractivity contribution >= 4 is 6.29 Å². The van der Waals surface area contributed by atoms with Crippen LogP contribution in [-0.4, -0.2) is 19.0 Å². The zero-order valence-corrected chi connectivity index (χ0v) is 7.69. The van der Waals surface area contributed by atoms with Gasteiger partial charge in [-0.1, -0.05) is 19.1 Å². The van der Waals surface area contributed by atoms with Crippen molar-refractivity contribution in [3.63, 3.8) is 0 Å². The summed E-state index contributed by atoms with van der Waals surface area (Å²) in [6.45, 7) is 4.75. The molecule has 0 saturated heterocycles. The molecular formula is C10H16O2. The van der Waals surface area contributed by atoms with Crippen LogP contribution in [0.2, 0.25) is 0 Å². The molecule has 2 heteroatoms. The standard InChI is InChI=1S/C10H16O2/c1-3-12-10-5-4-8(2)6-9(10)7-11/h4-5,7-10H,3,6H2,1-2H3. The quantitative estimate of drug-likeness (QED) is 0.474. The van der Waals surface area contributed by atoms with Gasteiger partial charge in [0, 0.05) is 12.5 Å². The summed E-state index contributed by atoms with van der Waals surface area (Å²) in [6, 6.07) is 0. The molecule has 0 N–H and O–H groups in total. The number of carbonyl (C=O) groups is 1. The van der Waals surface area contributed by atoms with E-state index in [0.717, 1.165) is 12.7 Å². The number of aldehydes is 1. The molecule has 1 aliphatic rings. The normalized spacial score (nSPS) is 35.0. The summed E-state index contributed by atoms with van der Waals surface area (Å²) in [5, 5.41) is 0. The van der Waals surface area contributed by atoms with Crippen molar-refractivity contribution in [2.24, 2.45) is 11.8 Å². The van der Waals surface area contributed by atoms with Crippen molar-refractivity contribution in [3.8, 4) is 0 Å². The van der Waals surface area contributed by atoms with Gasteiger partial charge in [-0.3, -0.25) is 0 Å². The monoisotopic (exact) mass is 168 g/mol. The summed E-state index contributed by atoms with van der Waals surface area (Å²) >= 11 is 0. The maximum atomic E-state index is 10.7. The smallest absolute Gasteiger partial charge is 0.126 e. The first-order chi connectivity index (χ1) is 5.77. The van der Waals surface area contributed by atoms with E-state index in [1.165, 1.54) is 0 Å². The lowest BCUT2D eigenvalue weighted by Gasteiger charge is -2.25. The molecule has 1 rings (SSSR count). The van der Waals surface area contributed by atoms with Crippen molar-refractivity contribution in [3.05, 3.63) is 12.2 Å². The van der Waals surface area contributed by atoms with Crippen LogP contribution in [0.3, 0.4) is 0 Å². The number of ether oxygens (including phenoxy) is 1. The summed E-state index contributed by atoms with van der Waals surface area (Å²) < 4.78 is 5.42. The van der Waals surface area contributed by atoms with E-state index in [2.05, 4.69) is 13.0 Å². The Hall–Kier alpha value is -0.630. The van der Waals surface area contributed by atoms with Crippen LogP contribution in [0.25, 0.3) is 0 Å². The first-order valence-corrected chi connectivity index (χ1v) is 4.53. The zero-order valence-electron chi connectivity index (χ0n) is 7.69. The first kappa shape index (κ1) is 9.46. The summed E-state index contributed by atoms with van der Waals surface area (Å²) in [6.07, 6.45) is 6.09. The Kier molecular flexibility index (Phi) is 3.48. The maximum Gasteiger partial charge on any atom is 0.126 e. The fourth-order valence-corrected chi connectivity index (χ4v) is 1.59. The second-order valence-electron chi connectivity index (χ2n) is 3.32. The molecule has 0 aliphatic heterocycles. The molecule has 0 spiro atoms. The van der Waals surface area contributed by atoms with E-state index in [0.29, 0.717) is 12.5 Å². The summed E-state index contributed by atoms with van der Waals surface area (Å²) in [5.74, 6) is 0.571. The Bertz CT molecular complexity index is 175. The van der Waals surface area contributed by atoms with Gasteiger partial charge >= 0.3 is 0 Å². The molecule has 0 radical (unpaired) electrons. The van der Waals surface area contributed by atoms with Crippen LogP contribution >= 0.6 is 0 Å². The summed E-state index contributed by atoms with van der Waals surface area (Å²) in [4.78, 5) is 10.7. The second kappa shape index (κ2) is 4.41. The predicted molar refractivity (Wildman–Crippen MR) is 47.9 cm³/mol. The number of carbonyl (C=O) groups excluding carboxylic acids is 1. The van der Waals surface area contributed by atoms with Gasteiger partial charge in [0.1, 0.15) is 6.29 Å². The number of allylic oxidation sites excluding steroid dienone is 1. The topological polar surface area (TPSA) is 26.3 Å². The summed E-state index contributed by atoms with van der Waals surface area (Å²) in [7, 11) is 0. The Morgan fingerprint density at radius 1 is 1.58 bits per heavy atom. The Labute approximate surface area is 73.6 Å². The van der Waals surface area contributed by atoms with E-state index in [4.69, 9.17) is 4.74 Å². The largest absolute Gasteiger partial charge is 0.374 e. The zero-order chi connectivity index (χ0) is 8.97. The fourth-order valence-electron chi connectivity index (χ4n) is 1.59. The van der Waals surface area contributed by atoms with Gasteiger partial charge in [0.25, 0.3) is 0 Å². The lowest BCUT2D eigenvalue weighted by atomic mass is 9.86. The molecule has 0 fully saturated rings. The fraction of sp³-hybridized carbons (Fsp3) is 0.700. The number of hydrogen-bond acceptors (Lipinski definition) is 2. The Morgan fingerprint density at radius 2 is 2.33 bits per heavy atom. The van der Waals surface area contributed by atoms with Gasteiger partial charge in [-0.25, -0.2) is 0 Å². The van der Waals surface area contributed by atoms with E-state index in [9.17, 15) is 4.79 Å². The van der Waals surface area contributed by atoms with Crippen LogP contribution in [0.5, 0.6) is 0 Å². The van der Waals surface area contributed by atoms with Crippen molar-refractivity contribution in [1.29, 1.82) is 0 Å². The van der Waals surface area contributed by atoms with Crippen molar-refractivity contribution in [1.82, 2.24) is 0 Å². The highest BCUT2D eigenvalue weighted by Crippen LogP contribution is 2.23. The number of hydrogen-bond donors (Lipinski definition) is 0. The average molecular weight is 168 g/mol. The molecule has 0 aromatic rings. The van der Waals surface area contributed by atoms with Crippen LogP contribution < -0.4 is 0 Å². The third kappa shape index (κ3) is 2.18. The minimum atomic E-state index is 0.0173. The summed E-state index contributed by atoms with van der Waals surface area (Å²) in [5.41, 5.74) is 0. The minimum Gasteiger partial charge on any atom is -0.374 e. The number of rotatable bonds is 3. The average Bonchev–Trinajstić information content (AvgIpc) is 2.08. The molecule has 1 aliphatic carbocycles. The molecule has 0 aromatic heterocycles. The molecule has 2 nitrogen and oxygen atoms in total. The third-order valence-corrected chi connectivity index (χ3v) is 2.23. The van der Waals surface area contributed by atoms with Crippen LogP contribution in [-0.2, 0) is 9.53 Å². The van der Waals surface area contributed by atoms with Gasteiger partial charge in [0.15, 0.2) is 0 Å². The predicted octanol–water partition coefficient (Wildman–Crippen LogP) is 1.80. The van der Waals surface area contributed by atoms with Crippen LogP contribution in [0.15, 0.2) is 12.2 Å². The molecule has 68 valence electrons. The first-order valence-electron chi connectivity index (χ1n) is 4.53. The van der Waals surface area contributed by atoms with Crippen molar-refractivity contribution < 1.29 is 9.53 Å². The van der Waals surface area contributed by atoms with Crippen LogP contribution in [0.1, 0.15) is 20.3 Å². The molecule has 0 amide bonds. The SMILES string of the molecule is CCOC1C=CC(C)CC1C=O. The van der Waals surface area contributed by atoms with Crippen molar-refractivity contribution in [2.45, 2.75) is 26.4 Å². The molecule has 0 saturated carbocycles. The van der Waals surface area contributed by atoms with Crippen LogP contribution in [0.4, 0.5) is 0 Å². The second-order valence-corrected chi connectivity index (χ2v) is 3.32. The van der Waals surface area contributed by atoms with E-state index < -0.39 is 0 Å².